The quantitative estimate of drug-likeness (QED) is 0.851. The fraction of sp³-hybridized carbons (Fsp3) is 0.533. The maximum Gasteiger partial charge on any atom is 0.114 e. The Labute approximate surface area is 108 Å². The maximum absolute atomic E-state index is 4.84. The van der Waals surface area contributed by atoms with Gasteiger partial charge in [0.25, 0.3) is 0 Å². The molecule has 3 rings (SSSR count). The Morgan fingerprint density at radius 2 is 2.06 bits per heavy atom. The third kappa shape index (κ3) is 1.65. The first-order valence-electron chi connectivity index (χ1n) is 6.83. The maximum atomic E-state index is 4.84. The summed E-state index contributed by atoms with van der Waals surface area (Å²) in [4.78, 5) is 8.39. The van der Waals surface area contributed by atoms with E-state index in [4.69, 9.17) is 4.98 Å². The highest BCUT2D eigenvalue weighted by molar-refractivity contribution is 5.77. The number of benzene rings is 1. The second-order valence-corrected chi connectivity index (χ2v) is 5.60. The molecular formula is C15H21N3. The summed E-state index contributed by atoms with van der Waals surface area (Å²) in [5.41, 5.74) is 5.13. The van der Waals surface area contributed by atoms with Crippen LogP contribution in [0.4, 0.5) is 0 Å². The van der Waals surface area contributed by atoms with Gasteiger partial charge in [0, 0.05) is 12.0 Å². The first-order valence-corrected chi connectivity index (χ1v) is 6.83. The van der Waals surface area contributed by atoms with Crippen molar-refractivity contribution in [1.29, 1.82) is 0 Å². The first kappa shape index (κ1) is 11.7. The van der Waals surface area contributed by atoms with Gasteiger partial charge in [0.15, 0.2) is 0 Å². The number of fused-ring (bicyclic) bond motifs is 1. The van der Waals surface area contributed by atoms with Crippen LogP contribution in [0.3, 0.4) is 0 Å². The van der Waals surface area contributed by atoms with Crippen molar-refractivity contribution in [1.82, 2.24) is 15.3 Å². The van der Waals surface area contributed by atoms with E-state index in [-0.39, 0.29) is 5.41 Å². The van der Waals surface area contributed by atoms with Crippen LogP contribution in [0.1, 0.15) is 36.7 Å². The summed E-state index contributed by atoms with van der Waals surface area (Å²) >= 11 is 0. The Kier molecular flexibility index (Phi) is 2.67. The van der Waals surface area contributed by atoms with Crippen molar-refractivity contribution in [2.45, 2.75) is 39.0 Å². The largest absolute Gasteiger partial charge is 0.341 e. The molecule has 1 unspecified atom stereocenters. The number of aromatic amines is 1. The molecule has 1 saturated heterocycles. The van der Waals surface area contributed by atoms with Crippen molar-refractivity contribution in [2.24, 2.45) is 0 Å². The zero-order chi connectivity index (χ0) is 12.8. The molecule has 0 radical (unpaired) electrons. The molecule has 0 aliphatic carbocycles. The van der Waals surface area contributed by atoms with E-state index in [9.17, 15) is 0 Å². The molecule has 3 nitrogen and oxygen atoms in total. The van der Waals surface area contributed by atoms with E-state index in [1.807, 2.05) is 0 Å². The van der Waals surface area contributed by atoms with Gasteiger partial charge in [-0.2, -0.15) is 0 Å². The van der Waals surface area contributed by atoms with Gasteiger partial charge in [-0.3, -0.25) is 0 Å². The number of aromatic nitrogens is 2. The zero-order valence-corrected chi connectivity index (χ0v) is 11.4. The van der Waals surface area contributed by atoms with E-state index in [1.165, 1.54) is 23.1 Å². The minimum Gasteiger partial charge on any atom is -0.341 e. The molecule has 0 bridgehead atoms. The molecule has 1 fully saturated rings. The van der Waals surface area contributed by atoms with E-state index in [0.29, 0.717) is 0 Å². The lowest BCUT2D eigenvalue weighted by Crippen LogP contribution is -2.29. The highest BCUT2D eigenvalue weighted by Crippen LogP contribution is 2.33. The van der Waals surface area contributed by atoms with Gasteiger partial charge < -0.3 is 10.3 Å². The minimum atomic E-state index is 0.209. The lowest BCUT2D eigenvalue weighted by molar-refractivity contribution is 0.431. The number of nitrogens with zero attached hydrogens (tertiary/aromatic N) is 1. The van der Waals surface area contributed by atoms with Crippen LogP contribution >= 0.6 is 0 Å². The van der Waals surface area contributed by atoms with Crippen LogP contribution in [0.5, 0.6) is 0 Å². The highest BCUT2D eigenvalue weighted by Gasteiger charge is 2.36. The molecule has 0 spiro atoms. The molecule has 18 heavy (non-hydrogen) atoms. The third-order valence-electron chi connectivity index (χ3n) is 4.52. The average Bonchev–Trinajstić information content (AvgIpc) is 2.96. The van der Waals surface area contributed by atoms with Gasteiger partial charge in [-0.05, 0) is 56.5 Å². The standard InChI is InChI=1S/C15H21N3/c1-4-15(5-6-16-9-15)14-17-12-7-10(2)11(3)8-13(12)18-14/h7-8,16H,4-6,9H2,1-3H3,(H,17,18). The van der Waals surface area contributed by atoms with Crippen molar-refractivity contribution in [3.05, 3.63) is 29.1 Å². The van der Waals surface area contributed by atoms with Crippen molar-refractivity contribution >= 4 is 11.0 Å². The van der Waals surface area contributed by atoms with Crippen LogP contribution in [0.15, 0.2) is 12.1 Å². The van der Waals surface area contributed by atoms with E-state index < -0.39 is 0 Å². The summed E-state index contributed by atoms with van der Waals surface area (Å²) in [6, 6.07) is 4.41. The summed E-state index contributed by atoms with van der Waals surface area (Å²) in [7, 11) is 0. The summed E-state index contributed by atoms with van der Waals surface area (Å²) in [6.07, 6.45) is 2.32. The smallest absolute Gasteiger partial charge is 0.114 e. The van der Waals surface area contributed by atoms with E-state index in [0.717, 1.165) is 30.9 Å². The second kappa shape index (κ2) is 4.09. The normalized spacial score (nSPS) is 23.9. The van der Waals surface area contributed by atoms with Crippen LogP contribution in [-0.2, 0) is 5.41 Å². The van der Waals surface area contributed by atoms with Crippen LogP contribution in [-0.4, -0.2) is 23.1 Å². The van der Waals surface area contributed by atoms with Crippen LogP contribution in [0.25, 0.3) is 11.0 Å². The van der Waals surface area contributed by atoms with Gasteiger partial charge in [0.2, 0.25) is 0 Å². The fourth-order valence-electron chi connectivity index (χ4n) is 2.94. The minimum absolute atomic E-state index is 0.209. The van der Waals surface area contributed by atoms with Crippen molar-refractivity contribution < 1.29 is 0 Å². The molecule has 0 amide bonds. The van der Waals surface area contributed by atoms with E-state index in [1.54, 1.807) is 0 Å². The molecular weight excluding hydrogens is 222 g/mol. The molecule has 3 heteroatoms. The van der Waals surface area contributed by atoms with Gasteiger partial charge in [-0.15, -0.1) is 0 Å². The number of rotatable bonds is 2. The second-order valence-electron chi connectivity index (χ2n) is 5.60. The summed E-state index contributed by atoms with van der Waals surface area (Å²) in [6.45, 7) is 8.71. The predicted molar refractivity (Wildman–Crippen MR) is 75.0 cm³/mol. The highest BCUT2D eigenvalue weighted by atomic mass is 15.0. The average molecular weight is 243 g/mol. The molecule has 2 N–H and O–H groups in total. The molecule has 1 aliphatic heterocycles. The van der Waals surface area contributed by atoms with E-state index >= 15 is 0 Å². The fourth-order valence-corrected chi connectivity index (χ4v) is 2.94. The number of hydrogen-bond donors (Lipinski definition) is 2. The van der Waals surface area contributed by atoms with Crippen molar-refractivity contribution in [3.8, 4) is 0 Å². The number of hydrogen-bond acceptors (Lipinski definition) is 2. The molecule has 2 heterocycles. The van der Waals surface area contributed by atoms with Gasteiger partial charge in [0.05, 0.1) is 11.0 Å². The molecule has 1 aliphatic rings. The lowest BCUT2D eigenvalue weighted by Gasteiger charge is -2.23. The molecule has 0 saturated carbocycles. The SMILES string of the molecule is CCC1(c2nc3cc(C)c(C)cc3[nH]2)CCNC1. The van der Waals surface area contributed by atoms with Gasteiger partial charge in [-0.25, -0.2) is 4.98 Å². The summed E-state index contributed by atoms with van der Waals surface area (Å²) in [5.74, 6) is 1.16. The Hall–Kier alpha value is -1.35. The van der Waals surface area contributed by atoms with Crippen LogP contribution in [0.2, 0.25) is 0 Å². The summed E-state index contributed by atoms with van der Waals surface area (Å²) in [5, 5.41) is 3.47. The Bertz CT molecular complexity index is 538. The third-order valence-corrected chi connectivity index (χ3v) is 4.52. The number of H-pyrrole nitrogens is 1. The Morgan fingerprint density at radius 3 is 2.72 bits per heavy atom. The van der Waals surface area contributed by atoms with Crippen LogP contribution < -0.4 is 5.32 Å². The monoisotopic (exact) mass is 243 g/mol. The number of nitrogens with one attached hydrogen (secondary N) is 2. The topological polar surface area (TPSA) is 40.7 Å². The number of aryl methyl sites for hydroxylation is 2. The molecule has 2 aromatic rings. The number of imidazole rings is 1. The van der Waals surface area contributed by atoms with E-state index in [2.05, 4.69) is 43.2 Å². The predicted octanol–water partition coefficient (Wildman–Crippen LogP) is 2.82. The Balaban J connectivity index is 2.13. The summed E-state index contributed by atoms with van der Waals surface area (Å²) < 4.78 is 0. The molecule has 1 atom stereocenters. The Morgan fingerprint density at radius 1 is 1.28 bits per heavy atom. The van der Waals surface area contributed by atoms with Gasteiger partial charge >= 0.3 is 0 Å². The van der Waals surface area contributed by atoms with Crippen molar-refractivity contribution in [3.63, 3.8) is 0 Å². The van der Waals surface area contributed by atoms with Gasteiger partial charge in [-0.1, -0.05) is 6.92 Å². The van der Waals surface area contributed by atoms with Gasteiger partial charge in [0.1, 0.15) is 5.82 Å². The first-order chi connectivity index (χ1) is 8.64. The molecule has 1 aromatic heterocycles. The van der Waals surface area contributed by atoms with Crippen LogP contribution in [0, 0.1) is 13.8 Å². The molecule has 96 valence electrons. The molecule has 1 aromatic carbocycles. The lowest BCUT2D eigenvalue weighted by atomic mass is 9.83. The van der Waals surface area contributed by atoms with Crippen molar-refractivity contribution in [2.75, 3.05) is 13.1 Å². The zero-order valence-electron chi connectivity index (χ0n) is 11.4.